The highest BCUT2D eigenvalue weighted by molar-refractivity contribution is 6.14. The van der Waals surface area contributed by atoms with Crippen molar-refractivity contribution in [2.75, 3.05) is 32.8 Å². The van der Waals surface area contributed by atoms with Crippen LogP contribution in [-0.2, 0) is 9.59 Å². The van der Waals surface area contributed by atoms with Gasteiger partial charge in [0.2, 0.25) is 0 Å². The topological polar surface area (TPSA) is 70.1 Å². The van der Waals surface area contributed by atoms with Crippen molar-refractivity contribution >= 4 is 17.8 Å². The number of ether oxygens (including phenoxy) is 1. The van der Waals surface area contributed by atoms with Crippen molar-refractivity contribution in [3.8, 4) is 5.75 Å². The molecule has 1 amide bonds. The summed E-state index contributed by atoms with van der Waals surface area (Å²) in [5.41, 5.74) is 1.71. The molecule has 0 spiro atoms. The van der Waals surface area contributed by atoms with E-state index in [1.54, 1.807) is 11.0 Å². The fourth-order valence-electron chi connectivity index (χ4n) is 4.21. The van der Waals surface area contributed by atoms with Gasteiger partial charge in [-0.05, 0) is 48.8 Å². The molecule has 0 aromatic heterocycles. The zero-order valence-corrected chi connectivity index (χ0v) is 20.9. The predicted octanol–water partition coefficient (Wildman–Crippen LogP) is 5.19. The van der Waals surface area contributed by atoms with Crippen LogP contribution >= 0.6 is 0 Å². The maximum absolute atomic E-state index is 13.3. The standard InChI is InChI=1S/C29H36N2O4/c1-4-7-20-35-24-15-11-14-23(21-24)27-26(25(32)17-16-22-12-9-8-10-13-22)28(33)29(34)31(27)19-18-30(5-2)6-3/h8-17,21,27,33H,4-7,18-20H2,1-3H3/b17-16+. The van der Waals surface area contributed by atoms with Crippen LogP contribution in [0.15, 0.2) is 72.0 Å². The Labute approximate surface area is 208 Å². The lowest BCUT2D eigenvalue weighted by Crippen LogP contribution is -2.38. The van der Waals surface area contributed by atoms with Crippen LogP contribution in [0, 0.1) is 0 Å². The summed E-state index contributed by atoms with van der Waals surface area (Å²) < 4.78 is 5.88. The molecular weight excluding hydrogens is 440 g/mol. The SMILES string of the molecule is CCCCOc1cccc(C2C(C(=O)/C=C/c3ccccc3)=C(O)C(=O)N2CCN(CC)CC)c1. The number of likely N-dealkylation sites (N-methyl/N-ethyl adjacent to an activating group) is 1. The van der Waals surface area contributed by atoms with Gasteiger partial charge >= 0.3 is 0 Å². The number of benzene rings is 2. The van der Waals surface area contributed by atoms with E-state index in [1.165, 1.54) is 6.08 Å². The molecule has 0 aliphatic carbocycles. The lowest BCUT2D eigenvalue weighted by molar-refractivity contribution is -0.129. The Bertz CT molecular complexity index is 1060. The highest BCUT2D eigenvalue weighted by Gasteiger charge is 2.42. The lowest BCUT2D eigenvalue weighted by atomic mass is 9.95. The van der Waals surface area contributed by atoms with E-state index in [-0.39, 0.29) is 11.4 Å². The molecule has 0 fully saturated rings. The molecule has 0 radical (unpaired) electrons. The molecule has 0 saturated heterocycles. The Hall–Kier alpha value is -3.38. The molecule has 1 aliphatic rings. The normalized spacial score (nSPS) is 16.1. The molecule has 0 saturated carbocycles. The molecule has 0 bridgehead atoms. The van der Waals surface area contributed by atoms with Gasteiger partial charge in [-0.1, -0.05) is 75.7 Å². The van der Waals surface area contributed by atoms with Crippen molar-refractivity contribution in [2.24, 2.45) is 0 Å². The maximum Gasteiger partial charge on any atom is 0.290 e. The fraction of sp³-hybridized carbons (Fsp3) is 0.379. The number of carbonyl (C=O) groups excluding carboxylic acids is 2. The van der Waals surface area contributed by atoms with Gasteiger partial charge in [0.1, 0.15) is 5.75 Å². The number of carbonyl (C=O) groups is 2. The second-order valence-electron chi connectivity index (χ2n) is 8.57. The summed E-state index contributed by atoms with van der Waals surface area (Å²) in [6.45, 7) is 9.61. The minimum absolute atomic E-state index is 0.104. The van der Waals surface area contributed by atoms with E-state index in [0.29, 0.717) is 25.4 Å². The van der Waals surface area contributed by atoms with Crippen LogP contribution in [0.1, 0.15) is 50.8 Å². The Morgan fingerprint density at radius 1 is 1.09 bits per heavy atom. The summed E-state index contributed by atoms with van der Waals surface area (Å²) in [7, 11) is 0. The third-order valence-electron chi connectivity index (χ3n) is 6.29. The summed E-state index contributed by atoms with van der Waals surface area (Å²) in [5, 5.41) is 10.8. The van der Waals surface area contributed by atoms with E-state index in [4.69, 9.17) is 4.74 Å². The molecule has 3 rings (SSSR count). The first kappa shape index (κ1) is 26.2. The average molecular weight is 477 g/mol. The summed E-state index contributed by atoms with van der Waals surface area (Å²) in [4.78, 5) is 30.3. The van der Waals surface area contributed by atoms with Crippen molar-refractivity contribution in [2.45, 2.75) is 39.7 Å². The van der Waals surface area contributed by atoms with Gasteiger partial charge in [0.25, 0.3) is 5.91 Å². The molecule has 1 aliphatic heterocycles. The zero-order valence-electron chi connectivity index (χ0n) is 20.9. The van der Waals surface area contributed by atoms with Crippen LogP contribution in [0.5, 0.6) is 5.75 Å². The number of amides is 1. The minimum atomic E-state index is -0.680. The second kappa shape index (κ2) is 12.9. The van der Waals surface area contributed by atoms with Gasteiger partial charge in [0.05, 0.1) is 18.2 Å². The van der Waals surface area contributed by atoms with Crippen LogP contribution in [0.3, 0.4) is 0 Å². The average Bonchev–Trinajstić information content (AvgIpc) is 3.14. The van der Waals surface area contributed by atoms with Crippen molar-refractivity contribution < 1.29 is 19.4 Å². The quantitative estimate of drug-likeness (QED) is 0.318. The molecule has 186 valence electrons. The predicted molar refractivity (Wildman–Crippen MR) is 139 cm³/mol. The number of hydrogen-bond donors (Lipinski definition) is 1. The fourth-order valence-corrected chi connectivity index (χ4v) is 4.21. The van der Waals surface area contributed by atoms with Gasteiger partial charge in [0.15, 0.2) is 11.5 Å². The van der Waals surface area contributed by atoms with Crippen LogP contribution in [0.2, 0.25) is 0 Å². The summed E-state index contributed by atoms with van der Waals surface area (Å²) in [6.07, 6.45) is 5.10. The Kier molecular flexibility index (Phi) is 9.67. The van der Waals surface area contributed by atoms with E-state index in [1.807, 2.05) is 54.6 Å². The summed E-state index contributed by atoms with van der Waals surface area (Å²) >= 11 is 0. The van der Waals surface area contributed by atoms with Gasteiger partial charge in [-0.2, -0.15) is 0 Å². The summed E-state index contributed by atoms with van der Waals surface area (Å²) in [6, 6.07) is 16.3. The van der Waals surface area contributed by atoms with Gasteiger partial charge in [-0.15, -0.1) is 0 Å². The third-order valence-corrected chi connectivity index (χ3v) is 6.29. The first-order valence-corrected chi connectivity index (χ1v) is 12.5. The highest BCUT2D eigenvalue weighted by atomic mass is 16.5. The van der Waals surface area contributed by atoms with Crippen molar-refractivity contribution in [1.29, 1.82) is 0 Å². The molecule has 2 aromatic carbocycles. The second-order valence-corrected chi connectivity index (χ2v) is 8.57. The van der Waals surface area contributed by atoms with Crippen LogP contribution in [0.25, 0.3) is 6.08 Å². The van der Waals surface area contributed by atoms with E-state index in [9.17, 15) is 14.7 Å². The molecule has 1 N–H and O–H groups in total. The van der Waals surface area contributed by atoms with Gasteiger partial charge < -0.3 is 19.6 Å². The molecule has 2 aromatic rings. The molecule has 35 heavy (non-hydrogen) atoms. The molecular formula is C29H36N2O4. The van der Waals surface area contributed by atoms with E-state index >= 15 is 0 Å². The third kappa shape index (κ3) is 6.61. The van der Waals surface area contributed by atoms with E-state index in [0.717, 1.165) is 37.1 Å². The molecule has 1 atom stereocenters. The number of hydrogen-bond acceptors (Lipinski definition) is 5. The number of nitrogens with zero attached hydrogens (tertiary/aromatic N) is 2. The van der Waals surface area contributed by atoms with Gasteiger partial charge in [-0.3, -0.25) is 9.59 Å². The Morgan fingerprint density at radius 2 is 1.83 bits per heavy atom. The van der Waals surface area contributed by atoms with Crippen molar-refractivity contribution in [1.82, 2.24) is 9.80 Å². The number of rotatable bonds is 13. The Morgan fingerprint density at radius 3 is 2.51 bits per heavy atom. The maximum atomic E-state index is 13.3. The Balaban J connectivity index is 1.95. The smallest absolute Gasteiger partial charge is 0.290 e. The number of ketones is 1. The van der Waals surface area contributed by atoms with Crippen LogP contribution in [-0.4, -0.2) is 59.4 Å². The van der Waals surface area contributed by atoms with Crippen molar-refractivity contribution in [3.05, 3.63) is 83.1 Å². The van der Waals surface area contributed by atoms with Crippen LogP contribution in [0.4, 0.5) is 0 Å². The van der Waals surface area contributed by atoms with Crippen molar-refractivity contribution in [3.63, 3.8) is 0 Å². The largest absolute Gasteiger partial charge is 0.503 e. The summed E-state index contributed by atoms with van der Waals surface area (Å²) in [5.74, 6) is -0.692. The first-order valence-electron chi connectivity index (χ1n) is 12.5. The first-order chi connectivity index (χ1) is 17.0. The molecule has 6 heteroatoms. The molecule has 1 heterocycles. The number of aliphatic hydroxyl groups is 1. The van der Waals surface area contributed by atoms with Crippen LogP contribution < -0.4 is 4.74 Å². The van der Waals surface area contributed by atoms with Gasteiger partial charge in [-0.25, -0.2) is 0 Å². The minimum Gasteiger partial charge on any atom is -0.503 e. The van der Waals surface area contributed by atoms with Gasteiger partial charge in [0, 0.05) is 13.1 Å². The zero-order chi connectivity index (χ0) is 25.2. The lowest BCUT2D eigenvalue weighted by Gasteiger charge is -2.29. The molecule has 1 unspecified atom stereocenters. The number of unbranched alkanes of at least 4 members (excludes halogenated alkanes) is 1. The molecule has 6 nitrogen and oxygen atoms in total. The number of aliphatic hydroxyl groups excluding tert-OH is 1. The number of allylic oxidation sites excluding steroid dienone is 1. The van der Waals surface area contributed by atoms with E-state index in [2.05, 4.69) is 25.7 Å². The van der Waals surface area contributed by atoms with E-state index < -0.39 is 17.7 Å². The monoisotopic (exact) mass is 476 g/mol. The highest BCUT2D eigenvalue weighted by Crippen LogP contribution is 2.39.